The Morgan fingerprint density at radius 2 is 2.15 bits per heavy atom. The quantitative estimate of drug-likeness (QED) is 0.830. The molecule has 0 saturated heterocycles. The van der Waals surface area contributed by atoms with Crippen molar-refractivity contribution in [2.45, 2.75) is 39.3 Å². The molecule has 1 unspecified atom stereocenters. The van der Waals surface area contributed by atoms with Gasteiger partial charge in [-0.25, -0.2) is 4.98 Å². The molecule has 0 amide bonds. The van der Waals surface area contributed by atoms with Gasteiger partial charge in [-0.15, -0.1) is 11.3 Å². The van der Waals surface area contributed by atoms with E-state index in [9.17, 15) is 5.11 Å². The molecule has 0 spiro atoms. The number of thiazole rings is 1. The Morgan fingerprint density at radius 3 is 2.80 bits per heavy atom. The van der Waals surface area contributed by atoms with Gasteiger partial charge >= 0.3 is 0 Å². The molecule has 0 aliphatic heterocycles. The Labute approximate surface area is 122 Å². The molecule has 2 rings (SSSR count). The van der Waals surface area contributed by atoms with Gasteiger partial charge in [0.2, 0.25) is 6.41 Å². The molecule has 0 radical (unpaired) electrons. The average molecular weight is 296 g/mol. The van der Waals surface area contributed by atoms with Crippen molar-refractivity contribution in [3.05, 3.63) is 23.2 Å². The molecule has 2 aromatic rings. The van der Waals surface area contributed by atoms with E-state index in [1.165, 1.54) is 0 Å². The zero-order valence-electron chi connectivity index (χ0n) is 12.1. The predicted octanol–water partition coefficient (Wildman–Crippen LogP) is 2.49. The first-order chi connectivity index (χ1) is 9.37. The maximum Gasteiger partial charge on any atom is 0.214 e. The molecule has 0 aliphatic rings. The highest BCUT2D eigenvalue weighted by atomic mass is 32.1. The van der Waals surface area contributed by atoms with Gasteiger partial charge in [-0.1, -0.05) is 0 Å². The van der Waals surface area contributed by atoms with Crippen molar-refractivity contribution < 1.29 is 14.6 Å². The van der Waals surface area contributed by atoms with Crippen LogP contribution in [0.4, 0.5) is 0 Å². The van der Waals surface area contributed by atoms with Crippen molar-refractivity contribution in [1.82, 2.24) is 10.3 Å². The van der Waals surface area contributed by atoms with E-state index in [0.717, 1.165) is 21.0 Å². The summed E-state index contributed by atoms with van der Waals surface area (Å²) in [5.41, 5.74) is 0.534. The van der Waals surface area contributed by atoms with E-state index < -0.39 is 12.0 Å². The highest BCUT2D eigenvalue weighted by Crippen LogP contribution is 2.26. The summed E-state index contributed by atoms with van der Waals surface area (Å²) in [4.78, 5) is 4.49. The summed E-state index contributed by atoms with van der Waals surface area (Å²) in [6.45, 7) is 6.13. The van der Waals surface area contributed by atoms with Gasteiger partial charge < -0.3 is 14.6 Å². The van der Waals surface area contributed by atoms with Crippen LogP contribution in [0.15, 0.2) is 18.2 Å². The Bertz CT molecular complexity index is 577. The average Bonchev–Trinajstić information content (AvgIpc) is 2.75. The Morgan fingerprint density at radius 1 is 1.40 bits per heavy atom. The van der Waals surface area contributed by atoms with Gasteiger partial charge in [0.15, 0.2) is 0 Å². The SMILES string of the molecule is COc1ccc2nc(CNC(O)OC(C)(C)C)sc2c1. The zero-order valence-corrected chi connectivity index (χ0v) is 13.0. The Hall–Kier alpha value is -1.21. The Kier molecular flexibility index (Phi) is 4.59. The second-order valence-electron chi connectivity index (χ2n) is 5.40. The third-order valence-corrected chi connectivity index (χ3v) is 3.55. The molecule has 1 atom stereocenters. The molecule has 6 heteroatoms. The first kappa shape index (κ1) is 15.2. The monoisotopic (exact) mass is 296 g/mol. The molecule has 1 aromatic heterocycles. The molecule has 110 valence electrons. The fourth-order valence-electron chi connectivity index (χ4n) is 1.71. The number of aliphatic hydroxyl groups is 1. The Balaban J connectivity index is 2.00. The molecular formula is C14H20N2O3S. The van der Waals surface area contributed by atoms with Crippen LogP contribution in [0.25, 0.3) is 10.2 Å². The lowest BCUT2D eigenvalue weighted by molar-refractivity contribution is -0.182. The molecule has 0 fully saturated rings. The third kappa shape index (κ3) is 4.14. The standard InChI is InChI=1S/C14H20N2O3S/c1-14(2,3)19-13(17)15-8-12-16-10-6-5-9(18-4)7-11(10)20-12/h5-7,13,15,17H,8H2,1-4H3. The van der Waals surface area contributed by atoms with Gasteiger partial charge in [0.05, 0.1) is 29.5 Å². The lowest BCUT2D eigenvalue weighted by atomic mass is 10.2. The largest absolute Gasteiger partial charge is 0.497 e. The van der Waals surface area contributed by atoms with Crippen molar-refractivity contribution in [3.63, 3.8) is 0 Å². The van der Waals surface area contributed by atoms with E-state index in [4.69, 9.17) is 9.47 Å². The molecule has 20 heavy (non-hydrogen) atoms. The van der Waals surface area contributed by atoms with Crippen molar-refractivity contribution in [1.29, 1.82) is 0 Å². The van der Waals surface area contributed by atoms with E-state index in [-0.39, 0.29) is 0 Å². The number of aliphatic hydroxyl groups excluding tert-OH is 1. The smallest absolute Gasteiger partial charge is 0.214 e. The number of benzene rings is 1. The maximum atomic E-state index is 9.73. The fourth-order valence-corrected chi connectivity index (χ4v) is 2.65. The summed E-state index contributed by atoms with van der Waals surface area (Å²) in [5.74, 6) is 0.816. The highest BCUT2D eigenvalue weighted by molar-refractivity contribution is 7.18. The van der Waals surface area contributed by atoms with Gasteiger partial charge in [-0.3, -0.25) is 5.32 Å². The number of hydrogen-bond donors (Lipinski definition) is 2. The van der Waals surface area contributed by atoms with Crippen LogP contribution in [-0.4, -0.2) is 29.2 Å². The molecule has 1 heterocycles. The van der Waals surface area contributed by atoms with Gasteiger partial charge in [0, 0.05) is 0 Å². The number of nitrogens with one attached hydrogen (secondary N) is 1. The van der Waals surface area contributed by atoms with Gasteiger partial charge in [-0.2, -0.15) is 0 Å². The van der Waals surface area contributed by atoms with Crippen LogP contribution in [0.5, 0.6) is 5.75 Å². The summed E-state index contributed by atoms with van der Waals surface area (Å²) in [6, 6.07) is 5.77. The summed E-state index contributed by atoms with van der Waals surface area (Å²) >= 11 is 1.57. The van der Waals surface area contributed by atoms with E-state index in [1.807, 2.05) is 39.0 Å². The number of fused-ring (bicyclic) bond motifs is 1. The molecule has 0 aliphatic carbocycles. The van der Waals surface area contributed by atoms with Crippen LogP contribution in [0.2, 0.25) is 0 Å². The molecule has 2 N–H and O–H groups in total. The molecule has 1 aromatic carbocycles. The highest BCUT2D eigenvalue weighted by Gasteiger charge is 2.16. The number of methoxy groups -OCH3 is 1. The number of rotatable bonds is 5. The first-order valence-corrected chi connectivity index (χ1v) is 7.22. The lowest BCUT2D eigenvalue weighted by Crippen LogP contribution is -2.37. The van der Waals surface area contributed by atoms with Crippen LogP contribution in [0.3, 0.4) is 0 Å². The summed E-state index contributed by atoms with van der Waals surface area (Å²) in [6.07, 6.45) is -1.00. The van der Waals surface area contributed by atoms with Crippen molar-refractivity contribution in [2.75, 3.05) is 7.11 Å². The van der Waals surface area contributed by atoms with Crippen molar-refractivity contribution in [3.8, 4) is 5.75 Å². The summed E-state index contributed by atoms with van der Waals surface area (Å²) < 4.78 is 11.6. The summed E-state index contributed by atoms with van der Waals surface area (Å²) in [5, 5.41) is 13.5. The fraction of sp³-hybridized carbons (Fsp3) is 0.500. The van der Waals surface area contributed by atoms with E-state index >= 15 is 0 Å². The molecule has 0 saturated carbocycles. The van der Waals surface area contributed by atoms with Gasteiger partial charge in [0.1, 0.15) is 10.8 Å². The van der Waals surface area contributed by atoms with Crippen LogP contribution < -0.4 is 10.1 Å². The number of nitrogens with zero attached hydrogens (tertiary/aromatic N) is 1. The molecule has 0 bridgehead atoms. The second kappa shape index (κ2) is 6.05. The minimum Gasteiger partial charge on any atom is -0.497 e. The first-order valence-electron chi connectivity index (χ1n) is 6.40. The summed E-state index contributed by atoms with van der Waals surface area (Å²) in [7, 11) is 1.64. The van der Waals surface area contributed by atoms with E-state index in [1.54, 1.807) is 18.4 Å². The van der Waals surface area contributed by atoms with Crippen molar-refractivity contribution in [2.24, 2.45) is 0 Å². The van der Waals surface area contributed by atoms with Gasteiger partial charge in [-0.05, 0) is 39.0 Å². The minimum absolute atomic E-state index is 0.395. The molecule has 5 nitrogen and oxygen atoms in total. The second-order valence-corrected chi connectivity index (χ2v) is 6.52. The number of ether oxygens (including phenoxy) is 2. The number of aromatic nitrogens is 1. The third-order valence-electron chi connectivity index (χ3n) is 2.53. The zero-order chi connectivity index (χ0) is 14.8. The lowest BCUT2D eigenvalue weighted by Gasteiger charge is -2.24. The van der Waals surface area contributed by atoms with E-state index in [0.29, 0.717) is 6.54 Å². The van der Waals surface area contributed by atoms with Crippen LogP contribution in [-0.2, 0) is 11.3 Å². The van der Waals surface area contributed by atoms with Crippen LogP contribution in [0, 0.1) is 0 Å². The minimum atomic E-state index is -1.00. The molecular weight excluding hydrogens is 276 g/mol. The number of hydrogen-bond acceptors (Lipinski definition) is 6. The van der Waals surface area contributed by atoms with Crippen LogP contribution in [0.1, 0.15) is 25.8 Å². The normalized spacial score (nSPS) is 13.7. The predicted molar refractivity (Wildman–Crippen MR) is 79.9 cm³/mol. The maximum absolute atomic E-state index is 9.73. The van der Waals surface area contributed by atoms with Gasteiger partial charge in [0.25, 0.3) is 0 Å². The van der Waals surface area contributed by atoms with Crippen molar-refractivity contribution >= 4 is 21.6 Å². The van der Waals surface area contributed by atoms with E-state index in [2.05, 4.69) is 10.3 Å². The topological polar surface area (TPSA) is 63.6 Å². The van der Waals surface area contributed by atoms with Crippen LogP contribution >= 0.6 is 11.3 Å².